The van der Waals surface area contributed by atoms with Crippen LogP contribution in [-0.4, -0.2) is 11.9 Å². The number of rotatable bonds is 15. The minimum atomic E-state index is -0.292. The zero-order valence-corrected chi connectivity index (χ0v) is 18.1. The predicted octanol–water partition coefficient (Wildman–Crippen LogP) is 6.78. The highest BCUT2D eigenvalue weighted by molar-refractivity contribution is 5.76. The molecule has 28 heavy (non-hydrogen) atoms. The van der Waals surface area contributed by atoms with E-state index in [1.54, 1.807) is 6.07 Å². The fourth-order valence-electron chi connectivity index (χ4n) is 3.15. The van der Waals surface area contributed by atoms with Crippen LogP contribution in [0, 0.1) is 0 Å². The van der Waals surface area contributed by atoms with Crippen molar-refractivity contribution in [3.8, 4) is 11.5 Å². The molecule has 1 aromatic rings. The normalized spacial score (nSPS) is 10.7. The van der Waals surface area contributed by atoms with Crippen LogP contribution in [0.5, 0.6) is 11.5 Å². The molecule has 0 amide bonds. The molecule has 0 aliphatic rings. The van der Waals surface area contributed by atoms with Gasteiger partial charge in [-0.2, -0.15) is 0 Å². The van der Waals surface area contributed by atoms with Gasteiger partial charge in [0.2, 0.25) is 0 Å². The number of hydrogen-bond acceptors (Lipinski definition) is 4. The molecule has 1 rings (SSSR count). The van der Waals surface area contributed by atoms with Crippen LogP contribution in [0.4, 0.5) is 0 Å². The molecule has 0 saturated carbocycles. The van der Waals surface area contributed by atoms with Crippen molar-refractivity contribution in [3.05, 3.63) is 23.8 Å². The zero-order valence-electron chi connectivity index (χ0n) is 18.1. The van der Waals surface area contributed by atoms with E-state index in [9.17, 15) is 9.59 Å². The van der Waals surface area contributed by atoms with Crippen LogP contribution in [0.3, 0.4) is 0 Å². The van der Waals surface area contributed by atoms with Gasteiger partial charge in [0, 0.05) is 12.8 Å². The fourth-order valence-corrected chi connectivity index (χ4v) is 3.15. The Morgan fingerprint density at radius 2 is 1.29 bits per heavy atom. The number of benzene rings is 1. The maximum Gasteiger partial charge on any atom is 0.311 e. The Labute approximate surface area is 171 Å². The Morgan fingerprint density at radius 3 is 1.89 bits per heavy atom. The summed E-state index contributed by atoms with van der Waals surface area (Å²) in [6.07, 6.45) is 13.0. The molecule has 0 spiro atoms. The van der Waals surface area contributed by atoms with Crippen molar-refractivity contribution in [2.45, 2.75) is 104 Å². The van der Waals surface area contributed by atoms with Crippen molar-refractivity contribution in [2.24, 2.45) is 0 Å². The molecule has 0 unspecified atom stereocenters. The third-order valence-electron chi connectivity index (χ3n) is 4.71. The number of esters is 2. The van der Waals surface area contributed by atoms with Gasteiger partial charge in [0.25, 0.3) is 0 Å². The second-order valence-electron chi connectivity index (χ2n) is 7.42. The molecule has 0 saturated heterocycles. The minimum Gasteiger partial charge on any atom is -0.423 e. The summed E-state index contributed by atoms with van der Waals surface area (Å²) in [7, 11) is 0. The third kappa shape index (κ3) is 9.91. The maximum atomic E-state index is 12.1. The molecule has 0 aromatic heterocycles. The second-order valence-corrected chi connectivity index (χ2v) is 7.42. The molecule has 4 nitrogen and oxygen atoms in total. The first-order chi connectivity index (χ1) is 13.6. The van der Waals surface area contributed by atoms with Crippen molar-refractivity contribution in [2.75, 3.05) is 0 Å². The van der Waals surface area contributed by atoms with Crippen LogP contribution in [-0.2, 0) is 16.0 Å². The van der Waals surface area contributed by atoms with Gasteiger partial charge in [0.15, 0.2) is 11.5 Å². The predicted molar refractivity (Wildman–Crippen MR) is 114 cm³/mol. The van der Waals surface area contributed by atoms with E-state index in [0.29, 0.717) is 24.3 Å². The standard InChI is InChI=1S/C24H38O4/c1-4-7-8-9-10-11-12-13-17-20-18-14-19-21(27-22(25)15-5-2)24(20)28-23(26)16-6-3/h14,18-19H,4-13,15-17H2,1-3H3. The van der Waals surface area contributed by atoms with Crippen LogP contribution in [0.15, 0.2) is 18.2 Å². The van der Waals surface area contributed by atoms with Gasteiger partial charge in [-0.15, -0.1) is 0 Å². The average Bonchev–Trinajstić information content (AvgIpc) is 2.66. The van der Waals surface area contributed by atoms with E-state index < -0.39 is 0 Å². The molecule has 0 N–H and O–H groups in total. The van der Waals surface area contributed by atoms with E-state index in [1.165, 1.54) is 38.5 Å². The lowest BCUT2D eigenvalue weighted by Crippen LogP contribution is -2.13. The highest BCUT2D eigenvalue weighted by Crippen LogP contribution is 2.33. The molecule has 1 aromatic carbocycles. The molecule has 4 heteroatoms. The molecule has 0 bridgehead atoms. The van der Waals surface area contributed by atoms with E-state index >= 15 is 0 Å². The Bertz CT molecular complexity index is 580. The van der Waals surface area contributed by atoms with Crippen LogP contribution < -0.4 is 9.47 Å². The first-order valence-electron chi connectivity index (χ1n) is 11.2. The van der Waals surface area contributed by atoms with E-state index in [2.05, 4.69) is 6.92 Å². The summed E-state index contributed by atoms with van der Waals surface area (Å²) in [5, 5.41) is 0. The number of hydrogen-bond donors (Lipinski definition) is 0. The quantitative estimate of drug-likeness (QED) is 0.188. The Hall–Kier alpha value is -1.84. The van der Waals surface area contributed by atoms with Gasteiger partial charge in [0.1, 0.15) is 0 Å². The highest BCUT2D eigenvalue weighted by atomic mass is 16.6. The monoisotopic (exact) mass is 390 g/mol. The van der Waals surface area contributed by atoms with Crippen LogP contribution in [0.2, 0.25) is 0 Å². The Kier molecular flexibility index (Phi) is 13.1. The van der Waals surface area contributed by atoms with Gasteiger partial charge in [-0.05, 0) is 37.3 Å². The van der Waals surface area contributed by atoms with Crippen molar-refractivity contribution in [3.63, 3.8) is 0 Å². The first-order valence-corrected chi connectivity index (χ1v) is 11.2. The number of unbranched alkanes of at least 4 members (excludes halogenated alkanes) is 7. The van der Waals surface area contributed by atoms with Crippen molar-refractivity contribution < 1.29 is 19.1 Å². The van der Waals surface area contributed by atoms with Gasteiger partial charge in [-0.1, -0.05) is 77.8 Å². The van der Waals surface area contributed by atoms with Crippen molar-refractivity contribution >= 4 is 11.9 Å². The summed E-state index contributed by atoms with van der Waals surface area (Å²) < 4.78 is 11.1. The average molecular weight is 391 g/mol. The molecule has 158 valence electrons. The maximum absolute atomic E-state index is 12.1. The fraction of sp³-hybridized carbons (Fsp3) is 0.667. The summed E-state index contributed by atoms with van der Waals surface area (Å²) >= 11 is 0. The largest absolute Gasteiger partial charge is 0.423 e. The smallest absolute Gasteiger partial charge is 0.311 e. The number of carbonyl (C=O) groups is 2. The number of para-hydroxylation sites is 1. The lowest BCUT2D eigenvalue weighted by Gasteiger charge is -2.14. The molecular formula is C24H38O4. The minimum absolute atomic E-state index is 0.279. The van der Waals surface area contributed by atoms with Crippen LogP contribution in [0.1, 0.15) is 103 Å². The third-order valence-corrected chi connectivity index (χ3v) is 4.71. The van der Waals surface area contributed by atoms with Gasteiger partial charge < -0.3 is 9.47 Å². The molecule has 0 aliphatic heterocycles. The first kappa shape index (κ1) is 24.2. The van der Waals surface area contributed by atoms with E-state index in [4.69, 9.17) is 9.47 Å². The molecular weight excluding hydrogens is 352 g/mol. The van der Waals surface area contributed by atoms with Gasteiger partial charge >= 0.3 is 11.9 Å². The topological polar surface area (TPSA) is 52.6 Å². The summed E-state index contributed by atoms with van der Waals surface area (Å²) in [5.41, 5.74) is 0.942. The molecule has 0 fully saturated rings. The van der Waals surface area contributed by atoms with Gasteiger partial charge in [-0.25, -0.2) is 0 Å². The Morgan fingerprint density at radius 1 is 0.714 bits per heavy atom. The van der Waals surface area contributed by atoms with Gasteiger partial charge in [0.05, 0.1) is 0 Å². The summed E-state index contributed by atoms with van der Waals surface area (Å²) in [4.78, 5) is 24.0. The van der Waals surface area contributed by atoms with Crippen LogP contribution in [0.25, 0.3) is 0 Å². The molecule has 0 radical (unpaired) electrons. The molecule has 0 aliphatic carbocycles. The number of aryl methyl sites for hydroxylation is 1. The molecule has 0 heterocycles. The lowest BCUT2D eigenvalue weighted by atomic mass is 10.0. The Balaban J connectivity index is 2.68. The number of ether oxygens (including phenoxy) is 2. The van der Waals surface area contributed by atoms with Crippen molar-refractivity contribution in [1.82, 2.24) is 0 Å². The molecule has 0 atom stereocenters. The van der Waals surface area contributed by atoms with Crippen LogP contribution >= 0.6 is 0 Å². The van der Waals surface area contributed by atoms with E-state index in [1.807, 2.05) is 26.0 Å². The second kappa shape index (κ2) is 15.1. The van der Waals surface area contributed by atoms with E-state index in [-0.39, 0.29) is 11.9 Å². The summed E-state index contributed by atoms with van der Waals surface area (Å²) in [6.45, 7) is 6.11. The highest BCUT2D eigenvalue weighted by Gasteiger charge is 2.17. The zero-order chi connectivity index (χ0) is 20.6. The van der Waals surface area contributed by atoms with Gasteiger partial charge in [-0.3, -0.25) is 9.59 Å². The van der Waals surface area contributed by atoms with Crippen molar-refractivity contribution in [1.29, 1.82) is 0 Å². The summed E-state index contributed by atoms with van der Waals surface area (Å²) in [6, 6.07) is 5.54. The number of carbonyl (C=O) groups excluding carboxylic acids is 2. The van der Waals surface area contributed by atoms with E-state index in [0.717, 1.165) is 37.7 Å². The SMILES string of the molecule is CCCCCCCCCCc1cccc(OC(=O)CCC)c1OC(=O)CCC. The summed E-state index contributed by atoms with van der Waals surface area (Å²) in [5.74, 6) is 0.214. The lowest BCUT2D eigenvalue weighted by molar-refractivity contribution is -0.137.